The van der Waals surface area contributed by atoms with Crippen LogP contribution in [-0.2, 0) is 0 Å². The molecular weight excluding hydrogens is 295 g/mol. The molecule has 0 amide bonds. The van der Waals surface area contributed by atoms with Crippen molar-refractivity contribution in [2.75, 3.05) is 5.32 Å². The van der Waals surface area contributed by atoms with Gasteiger partial charge in [0.1, 0.15) is 5.82 Å². The first-order chi connectivity index (χ1) is 9.63. The van der Waals surface area contributed by atoms with Crippen molar-refractivity contribution in [1.82, 2.24) is 4.98 Å². The van der Waals surface area contributed by atoms with E-state index in [0.29, 0.717) is 5.52 Å². The molecule has 1 N–H and O–H groups in total. The van der Waals surface area contributed by atoms with Gasteiger partial charge in [0.25, 0.3) is 0 Å². The lowest BCUT2D eigenvalue weighted by Crippen LogP contribution is -2.06. The molecule has 0 aliphatic rings. The Kier molecular flexibility index (Phi) is 3.59. The van der Waals surface area contributed by atoms with E-state index >= 15 is 0 Å². The lowest BCUT2D eigenvalue weighted by atomic mass is 10.1. The Morgan fingerprint density at radius 3 is 2.85 bits per heavy atom. The van der Waals surface area contributed by atoms with Crippen molar-refractivity contribution in [3.8, 4) is 0 Å². The molecule has 102 valence electrons. The fraction of sp³-hybridized carbons (Fsp3) is 0.133. The maximum atomic E-state index is 13.2. The number of thiazole rings is 1. The molecule has 0 bridgehead atoms. The maximum absolute atomic E-state index is 13.2. The van der Waals surface area contributed by atoms with E-state index in [1.165, 1.54) is 23.5 Å². The molecule has 20 heavy (non-hydrogen) atoms. The van der Waals surface area contributed by atoms with Gasteiger partial charge in [-0.3, -0.25) is 0 Å². The van der Waals surface area contributed by atoms with Crippen molar-refractivity contribution < 1.29 is 4.39 Å². The highest BCUT2D eigenvalue weighted by molar-refractivity contribution is 7.22. The molecule has 1 aromatic heterocycles. The molecule has 1 unspecified atom stereocenters. The van der Waals surface area contributed by atoms with Crippen LogP contribution in [0.3, 0.4) is 0 Å². The third-order valence-corrected chi connectivity index (χ3v) is 4.37. The van der Waals surface area contributed by atoms with Crippen LogP contribution in [-0.4, -0.2) is 4.98 Å². The highest BCUT2D eigenvalue weighted by Crippen LogP contribution is 2.30. The zero-order valence-electron chi connectivity index (χ0n) is 10.7. The van der Waals surface area contributed by atoms with E-state index < -0.39 is 0 Å². The van der Waals surface area contributed by atoms with Gasteiger partial charge in [-0.15, -0.1) is 0 Å². The quantitative estimate of drug-likeness (QED) is 0.713. The van der Waals surface area contributed by atoms with Gasteiger partial charge in [-0.1, -0.05) is 41.1 Å². The second-order valence-electron chi connectivity index (χ2n) is 4.52. The third-order valence-electron chi connectivity index (χ3n) is 3.06. The van der Waals surface area contributed by atoms with Crippen molar-refractivity contribution >= 4 is 38.3 Å². The molecule has 5 heteroatoms. The molecule has 0 radical (unpaired) electrons. The summed E-state index contributed by atoms with van der Waals surface area (Å²) in [5.74, 6) is -0.270. The van der Waals surface area contributed by atoms with E-state index in [9.17, 15) is 4.39 Å². The van der Waals surface area contributed by atoms with E-state index in [4.69, 9.17) is 11.6 Å². The molecule has 2 nitrogen and oxygen atoms in total. The van der Waals surface area contributed by atoms with E-state index in [0.717, 1.165) is 20.4 Å². The molecule has 3 rings (SSSR count). The molecule has 2 aromatic carbocycles. The topological polar surface area (TPSA) is 24.9 Å². The van der Waals surface area contributed by atoms with Crippen molar-refractivity contribution in [1.29, 1.82) is 0 Å². The number of anilines is 1. The number of hydrogen-bond donors (Lipinski definition) is 1. The molecule has 0 fully saturated rings. The van der Waals surface area contributed by atoms with Crippen LogP contribution in [0.25, 0.3) is 10.2 Å². The number of fused-ring (bicyclic) bond motifs is 1. The lowest BCUT2D eigenvalue weighted by molar-refractivity contribution is 0.629. The number of rotatable bonds is 3. The molecule has 0 saturated carbocycles. The summed E-state index contributed by atoms with van der Waals surface area (Å²) in [5.41, 5.74) is 1.68. The minimum atomic E-state index is -0.270. The Hall–Kier alpha value is -1.65. The Bertz CT molecular complexity index is 756. The first-order valence-corrected chi connectivity index (χ1v) is 7.40. The molecule has 1 heterocycles. The summed E-state index contributed by atoms with van der Waals surface area (Å²) < 4.78 is 14.1. The monoisotopic (exact) mass is 306 g/mol. The van der Waals surface area contributed by atoms with Crippen LogP contribution >= 0.6 is 22.9 Å². The molecular formula is C15H12ClFN2S. The number of hydrogen-bond acceptors (Lipinski definition) is 3. The standard InChI is InChI=1S/C15H12ClFN2S/c1-9(11-4-2-3-5-12(11)16)18-15-19-13-8-10(17)6-7-14(13)20-15/h2-9H,1H3,(H,18,19). The minimum Gasteiger partial charge on any atom is -0.355 e. The molecule has 3 aromatic rings. The summed E-state index contributed by atoms with van der Waals surface area (Å²) in [5, 5.41) is 4.79. The van der Waals surface area contributed by atoms with Crippen LogP contribution in [0.5, 0.6) is 0 Å². The summed E-state index contributed by atoms with van der Waals surface area (Å²) in [6.07, 6.45) is 0. The number of aromatic nitrogens is 1. The van der Waals surface area contributed by atoms with E-state index in [1.54, 1.807) is 6.07 Å². The highest BCUT2D eigenvalue weighted by atomic mass is 35.5. The van der Waals surface area contributed by atoms with Crippen LogP contribution in [0.1, 0.15) is 18.5 Å². The number of nitrogens with zero attached hydrogens (tertiary/aromatic N) is 1. The zero-order valence-corrected chi connectivity index (χ0v) is 12.3. The van der Waals surface area contributed by atoms with E-state index in [1.807, 2.05) is 31.2 Å². The van der Waals surface area contributed by atoms with Crippen molar-refractivity contribution in [3.05, 3.63) is 58.9 Å². The number of halogens is 2. The van der Waals surface area contributed by atoms with Gasteiger partial charge in [0.2, 0.25) is 0 Å². The van der Waals surface area contributed by atoms with Gasteiger partial charge in [-0.25, -0.2) is 9.37 Å². The normalized spacial score (nSPS) is 12.6. The summed E-state index contributed by atoms with van der Waals surface area (Å²) in [4.78, 5) is 4.39. The van der Waals surface area contributed by atoms with Crippen LogP contribution < -0.4 is 5.32 Å². The third kappa shape index (κ3) is 2.62. The molecule has 0 spiro atoms. The van der Waals surface area contributed by atoms with Gasteiger partial charge in [-0.2, -0.15) is 0 Å². The fourth-order valence-corrected chi connectivity index (χ4v) is 3.28. The second-order valence-corrected chi connectivity index (χ2v) is 5.96. The average Bonchev–Trinajstić information content (AvgIpc) is 2.80. The summed E-state index contributed by atoms with van der Waals surface area (Å²) in [7, 11) is 0. The molecule has 0 aliphatic carbocycles. The first kappa shape index (κ1) is 13.3. The SMILES string of the molecule is CC(Nc1nc2cc(F)ccc2s1)c1ccccc1Cl. The van der Waals surface area contributed by atoms with Gasteiger partial charge in [0, 0.05) is 11.1 Å². The zero-order chi connectivity index (χ0) is 14.1. The summed E-state index contributed by atoms with van der Waals surface area (Å²) in [6.45, 7) is 2.02. The predicted molar refractivity (Wildman–Crippen MR) is 83.1 cm³/mol. The van der Waals surface area contributed by atoms with Gasteiger partial charge in [0.15, 0.2) is 5.13 Å². The van der Waals surface area contributed by atoms with Crippen molar-refractivity contribution in [3.63, 3.8) is 0 Å². The van der Waals surface area contributed by atoms with Crippen LogP contribution in [0, 0.1) is 5.82 Å². The fourth-order valence-electron chi connectivity index (χ4n) is 2.05. The van der Waals surface area contributed by atoms with Gasteiger partial charge >= 0.3 is 0 Å². The Morgan fingerprint density at radius 1 is 1.25 bits per heavy atom. The smallest absolute Gasteiger partial charge is 0.184 e. The van der Waals surface area contributed by atoms with Crippen LogP contribution in [0.2, 0.25) is 5.02 Å². The van der Waals surface area contributed by atoms with Gasteiger partial charge in [-0.05, 0) is 30.7 Å². The molecule has 1 atom stereocenters. The summed E-state index contributed by atoms with van der Waals surface area (Å²) >= 11 is 7.68. The van der Waals surface area contributed by atoms with Gasteiger partial charge < -0.3 is 5.32 Å². The summed E-state index contributed by atoms with van der Waals surface area (Å²) in [6, 6.07) is 12.4. The minimum absolute atomic E-state index is 0.0362. The lowest BCUT2D eigenvalue weighted by Gasteiger charge is -2.14. The van der Waals surface area contributed by atoms with E-state index in [2.05, 4.69) is 10.3 Å². The van der Waals surface area contributed by atoms with Crippen LogP contribution in [0.15, 0.2) is 42.5 Å². The van der Waals surface area contributed by atoms with Crippen LogP contribution in [0.4, 0.5) is 9.52 Å². The molecule has 0 aliphatic heterocycles. The largest absolute Gasteiger partial charge is 0.355 e. The van der Waals surface area contributed by atoms with E-state index in [-0.39, 0.29) is 11.9 Å². The Labute approximate surface area is 125 Å². The van der Waals surface area contributed by atoms with Gasteiger partial charge in [0.05, 0.1) is 16.3 Å². The highest BCUT2D eigenvalue weighted by Gasteiger charge is 2.11. The Morgan fingerprint density at radius 2 is 2.05 bits per heavy atom. The van der Waals surface area contributed by atoms with Crippen molar-refractivity contribution in [2.45, 2.75) is 13.0 Å². The predicted octanol–water partition coefficient (Wildman–Crippen LogP) is 5.26. The second kappa shape index (κ2) is 5.38. The Balaban J connectivity index is 1.87. The number of benzene rings is 2. The number of nitrogens with one attached hydrogen (secondary N) is 1. The maximum Gasteiger partial charge on any atom is 0.184 e. The molecule has 0 saturated heterocycles. The average molecular weight is 307 g/mol. The van der Waals surface area contributed by atoms with Crippen molar-refractivity contribution in [2.24, 2.45) is 0 Å². The first-order valence-electron chi connectivity index (χ1n) is 6.20.